The number of urea groups is 1. The van der Waals surface area contributed by atoms with Crippen LogP contribution in [0.15, 0.2) is 16.9 Å². The summed E-state index contributed by atoms with van der Waals surface area (Å²) in [5.74, 6) is 0.996. The van der Waals surface area contributed by atoms with E-state index in [2.05, 4.69) is 22.5 Å². The topological polar surface area (TPSA) is 76.2 Å². The van der Waals surface area contributed by atoms with Crippen LogP contribution in [0, 0.1) is 20.8 Å². The van der Waals surface area contributed by atoms with Crippen molar-refractivity contribution in [1.29, 1.82) is 0 Å². The number of carbonyl (C=O) groups is 1. The third kappa shape index (κ3) is 3.86. The molecule has 2 aromatic heterocycles. The second kappa shape index (κ2) is 7.29. The SMILES string of the molecule is Cc1cnn([C@@H]2CCCN(C(=O)NC[C@@H](C)c3c(C)noc3C)C2)c1. The highest BCUT2D eigenvalue weighted by atomic mass is 16.5. The summed E-state index contributed by atoms with van der Waals surface area (Å²) in [7, 11) is 0. The summed E-state index contributed by atoms with van der Waals surface area (Å²) in [6, 6.07) is 0.250. The second-order valence-corrected chi connectivity index (χ2v) is 7.06. The number of amides is 2. The molecule has 0 aromatic carbocycles. The van der Waals surface area contributed by atoms with Gasteiger partial charge in [0.15, 0.2) is 0 Å². The van der Waals surface area contributed by atoms with Crippen LogP contribution in [0.25, 0.3) is 0 Å². The molecule has 7 nitrogen and oxygen atoms in total. The van der Waals surface area contributed by atoms with Crippen LogP contribution in [0.3, 0.4) is 0 Å². The lowest BCUT2D eigenvalue weighted by Gasteiger charge is -2.33. The molecule has 2 amide bonds. The van der Waals surface area contributed by atoms with Crippen molar-refractivity contribution in [3.63, 3.8) is 0 Å². The maximum atomic E-state index is 12.6. The number of piperidine rings is 1. The monoisotopic (exact) mass is 345 g/mol. The van der Waals surface area contributed by atoms with Gasteiger partial charge in [0.1, 0.15) is 5.76 Å². The average Bonchev–Trinajstić information content (AvgIpc) is 3.18. The van der Waals surface area contributed by atoms with Gasteiger partial charge in [0.25, 0.3) is 0 Å². The molecule has 1 aliphatic rings. The van der Waals surface area contributed by atoms with Gasteiger partial charge in [-0.3, -0.25) is 4.68 Å². The van der Waals surface area contributed by atoms with E-state index in [1.54, 1.807) is 0 Å². The molecule has 0 spiro atoms. The normalized spacial score (nSPS) is 19.0. The fourth-order valence-electron chi connectivity index (χ4n) is 3.64. The Morgan fingerprint density at radius 3 is 2.88 bits per heavy atom. The Morgan fingerprint density at radius 2 is 2.24 bits per heavy atom. The summed E-state index contributed by atoms with van der Waals surface area (Å²) in [5.41, 5.74) is 3.13. The molecule has 136 valence electrons. The first-order valence-electron chi connectivity index (χ1n) is 8.92. The van der Waals surface area contributed by atoms with Crippen LogP contribution in [-0.4, -0.2) is 45.5 Å². The second-order valence-electron chi connectivity index (χ2n) is 7.06. The van der Waals surface area contributed by atoms with E-state index >= 15 is 0 Å². The van der Waals surface area contributed by atoms with Crippen LogP contribution in [0.1, 0.15) is 54.3 Å². The molecule has 2 atom stereocenters. The minimum absolute atomic E-state index is 0.00723. The molecule has 1 N–H and O–H groups in total. The molecule has 1 aliphatic heterocycles. The maximum absolute atomic E-state index is 12.6. The molecular formula is C18H27N5O2. The van der Waals surface area contributed by atoms with Gasteiger partial charge in [0.05, 0.1) is 17.9 Å². The van der Waals surface area contributed by atoms with Crippen molar-refractivity contribution < 1.29 is 9.32 Å². The Morgan fingerprint density at radius 1 is 1.44 bits per heavy atom. The number of carbonyl (C=O) groups excluding carboxylic acids is 1. The van der Waals surface area contributed by atoms with Gasteiger partial charge in [-0.25, -0.2) is 4.79 Å². The lowest BCUT2D eigenvalue weighted by molar-refractivity contribution is 0.163. The predicted octanol–water partition coefficient (Wildman–Crippen LogP) is 2.95. The number of hydrogen-bond donors (Lipinski definition) is 1. The lowest BCUT2D eigenvalue weighted by atomic mass is 9.99. The highest BCUT2D eigenvalue weighted by Gasteiger charge is 2.26. The van der Waals surface area contributed by atoms with Gasteiger partial charge in [0, 0.05) is 37.3 Å². The number of aromatic nitrogens is 3. The van der Waals surface area contributed by atoms with Crippen LogP contribution in [0.2, 0.25) is 0 Å². The Bertz CT molecular complexity index is 716. The van der Waals surface area contributed by atoms with E-state index in [1.807, 2.05) is 42.7 Å². The number of nitrogens with zero attached hydrogens (tertiary/aromatic N) is 4. The standard InChI is InChI=1S/C18H27N5O2/c1-12-8-20-23(10-12)16-6-5-7-22(11-16)18(24)19-9-13(2)17-14(3)21-25-15(17)4/h8,10,13,16H,5-7,9,11H2,1-4H3,(H,19,24)/t13-,16-/m1/s1. The van der Waals surface area contributed by atoms with Crippen LogP contribution in [-0.2, 0) is 0 Å². The van der Waals surface area contributed by atoms with Crippen molar-refractivity contribution in [3.8, 4) is 0 Å². The van der Waals surface area contributed by atoms with E-state index in [4.69, 9.17) is 4.52 Å². The van der Waals surface area contributed by atoms with E-state index in [-0.39, 0.29) is 18.0 Å². The van der Waals surface area contributed by atoms with Gasteiger partial charge < -0.3 is 14.7 Å². The molecule has 0 aliphatic carbocycles. The van der Waals surface area contributed by atoms with Crippen molar-refractivity contribution in [2.75, 3.05) is 19.6 Å². The van der Waals surface area contributed by atoms with Crippen LogP contribution >= 0.6 is 0 Å². The fourth-order valence-corrected chi connectivity index (χ4v) is 3.64. The largest absolute Gasteiger partial charge is 0.361 e. The van der Waals surface area contributed by atoms with E-state index in [0.29, 0.717) is 13.1 Å². The molecule has 0 unspecified atom stereocenters. The lowest BCUT2D eigenvalue weighted by Crippen LogP contribution is -2.46. The zero-order chi connectivity index (χ0) is 18.0. The zero-order valence-electron chi connectivity index (χ0n) is 15.5. The van der Waals surface area contributed by atoms with Crippen molar-refractivity contribution in [2.24, 2.45) is 0 Å². The highest BCUT2D eigenvalue weighted by Crippen LogP contribution is 2.23. The van der Waals surface area contributed by atoms with Gasteiger partial charge in [0.2, 0.25) is 0 Å². The highest BCUT2D eigenvalue weighted by molar-refractivity contribution is 5.74. The van der Waals surface area contributed by atoms with Crippen LogP contribution in [0.5, 0.6) is 0 Å². The average molecular weight is 345 g/mol. The molecule has 0 saturated carbocycles. The van der Waals surface area contributed by atoms with Gasteiger partial charge in [-0.05, 0) is 39.2 Å². The van der Waals surface area contributed by atoms with E-state index in [1.165, 1.54) is 0 Å². The van der Waals surface area contributed by atoms with Crippen molar-refractivity contribution in [1.82, 2.24) is 25.2 Å². The molecule has 0 bridgehead atoms. The van der Waals surface area contributed by atoms with Crippen molar-refractivity contribution in [3.05, 3.63) is 35.0 Å². The van der Waals surface area contributed by atoms with E-state index in [9.17, 15) is 4.79 Å². The van der Waals surface area contributed by atoms with Crippen molar-refractivity contribution >= 4 is 6.03 Å². The third-order valence-electron chi connectivity index (χ3n) is 4.93. The number of nitrogens with one attached hydrogen (secondary N) is 1. The Balaban J connectivity index is 1.56. The quantitative estimate of drug-likeness (QED) is 0.924. The molecule has 0 radical (unpaired) electrons. The minimum Gasteiger partial charge on any atom is -0.361 e. The molecule has 3 heterocycles. The van der Waals surface area contributed by atoms with Crippen LogP contribution in [0.4, 0.5) is 4.79 Å². The molecule has 2 aromatic rings. The Kier molecular flexibility index (Phi) is 5.11. The summed E-state index contributed by atoms with van der Waals surface area (Å²) in [4.78, 5) is 14.5. The zero-order valence-corrected chi connectivity index (χ0v) is 15.5. The van der Waals surface area contributed by atoms with Gasteiger partial charge in [-0.15, -0.1) is 0 Å². The van der Waals surface area contributed by atoms with Gasteiger partial charge >= 0.3 is 6.03 Å². The molecule has 3 rings (SSSR count). The first kappa shape index (κ1) is 17.5. The molecule has 25 heavy (non-hydrogen) atoms. The summed E-state index contributed by atoms with van der Waals surface area (Å²) >= 11 is 0. The summed E-state index contributed by atoms with van der Waals surface area (Å²) in [5, 5.41) is 11.5. The Labute approximate surface area is 148 Å². The van der Waals surface area contributed by atoms with Gasteiger partial charge in [-0.1, -0.05) is 12.1 Å². The minimum atomic E-state index is -0.00723. The summed E-state index contributed by atoms with van der Waals surface area (Å²) < 4.78 is 7.21. The van der Waals surface area contributed by atoms with E-state index < -0.39 is 0 Å². The van der Waals surface area contributed by atoms with Gasteiger partial charge in [-0.2, -0.15) is 5.10 Å². The summed E-state index contributed by atoms with van der Waals surface area (Å²) in [6.45, 7) is 10.0. The molecular weight excluding hydrogens is 318 g/mol. The fraction of sp³-hybridized carbons (Fsp3) is 0.611. The number of hydrogen-bond acceptors (Lipinski definition) is 4. The third-order valence-corrected chi connectivity index (χ3v) is 4.93. The smallest absolute Gasteiger partial charge is 0.317 e. The molecule has 1 saturated heterocycles. The predicted molar refractivity (Wildman–Crippen MR) is 94.6 cm³/mol. The number of likely N-dealkylation sites (tertiary alicyclic amines) is 1. The van der Waals surface area contributed by atoms with E-state index in [0.717, 1.165) is 42.0 Å². The number of aryl methyl sites for hydroxylation is 3. The summed E-state index contributed by atoms with van der Waals surface area (Å²) in [6.07, 6.45) is 5.96. The van der Waals surface area contributed by atoms with Crippen LogP contribution < -0.4 is 5.32 Å². The first-order chi connectivity index (χ1) is 12.0. The Hall–Kier alpha value is -2.31. The first-order valence-corrected chi connectivity index (χ1v) is 8.92. The maximum Gasteiger partial charge on any atom is 0.317 e. The molecule has 7 heteroatoms. The van der Waals surface area contributed by atoms with Crippen molar-refractivity contribution in [2.45, 2.75) is 52.5 Å². The number of rotatable bonds is 4. The molecule has 1 fully saturated rings.